The van der Waals surface area contributed by atoms with Crippen LogP contribution in [-0.4, -0.2) is 23.2 Å². The van der Waals surface area contributed by atoms with Crippen LogP contribution >= 0.6 is 0 Å². The summed E-state index contributed by atoms with van der Waals surface area (Å²) in [6.45, 7) is -0.179. The number of methoxy groups -OCH3 is 1. The van der Waals surface area contributed by atoms with E-state index in [1.807, 2.05) is 0 Å². The second kappa shape index (κ2) is 6.81. The molecule has 2 rings (SSSR count). The second-order valence-corrected chi connectivity index (χ2v) is 4.23. The number of hydrogen-bond donors (Lipinski definition) is 1. The third-order valence-corrected chi connectivity index (χ3v) is 2.81. The van der Waals surface area contributed by atoms with Gasteiger partial charge in [0.05, 0.1) is 25.0 Å². The fourth-order valence-corrected chi connectivity index (χ4v) is 1.71. The number of esters is 1. The average molecular weight is 291 g/mol. The van der Waals surface area contributed by atoms with Crippen molar-refractivity contribution < 1.29 is 23.8 Å². The summed E-state index contributed by atoms with van der Waals surface area (Å²) in [5.41, 5.74) is 1.30. The normalized spacial score (nSPS) is 10.2. The summed E-state index contributed by atoms with van der Waals surface area (Å²) < 4.78 is 23.1. The quantitative estimate of drug-likeness (QED) is 0.854. The van der Waals surface area contributed by atoms with Crippen molar-refractivity contribution in [3.05, 3.63) is 59.2 Å². The highest BCUT2D eigenvalue weighted by molar-refractivity contribution is 5.88. The standard InChI is InChI=1S/C15H14FNO4/c1-20-15(19)10-2-4-13(17-7-10)9-21-14-5-3-12(16)6-11(14)8-18/h2-7,18H,8-9H2,1H3. The van der Waals surface area contributed by atoms with Crippen molar-refractivity contribution in [2.24, 2.45) is 0 Å². The number of carbonyl (C=O) groups excluding carboxylic acids is 1. The largest absolute Gasteiger partial charge is 0.487 e. The van der Waals surface area contributed by atoms with Crippen LogP contribution < -0.4 is 4.74 Å². The molecular formula is C15H14FNO4. The van der Waals surface area contributed by atoms with E-state index in [9.17, 15) is 9.18 Å². The highest BCUT2D eigenvalue weighted by Crippen LogP contribution is 2.20. The molecule has 2 aromatic rings. The van der Waals surface area contributed by atoms with Crippen LogP contribution in [0.15, 0.2) is 36.5 Å². The minimum Gasteiger partial charge on any atom is -0.487 e. The Morgan fingerprint density at radius 1 is 1.33 bits per heavy atom. The molecule has 0 unspecified atom stereocenters. The Balaban J connectivity index is 2.05. The maximum Gasteiger partial charge on any atom is 0.339 e. The number of hydrogen-bond acceptors (Lipinski definition) is 5. The molecule has 0 fully saturated rings. The molecule has 110 valence electrons. The number of aliphatic hydroxyl groups is 1. The number of halogens is 1. The Hall–Kier alpha value is -2.47. The molecule has 0 aliphatic heterocycles. The maximum absolute atomic E-state index is 13.0. The van der Waals surface area contributed by atoms with Crippen LogP contribution in [0.1, 0.15) is 21.6 Å². The number of pyridine rings is 1. The van der Waals surface area contributed by atoms with Crippen LogP contribution in [0.4, 0.5) is 4.39 Å². The van der Waals surface area contributed by atoms with E-state index in [1.54, 1.807) is 12.1 Å². The van der Waals surface area contributed by atoms with Crippen molar-refractivity contribution in [2.75, 3.05) is 7.11 Å². The summed E-state index contributed by atoms with van der Waals surface area (Å²) in [5.74, 6) is -0.513. The first-order valence-electron chi connectivity index (χ1n) is 6.19. The highest BCUT2D eigenvalue weighted by Gasteiger charge is 2.08. The Morgan fingerprint density at radius 3 is 2.76 bits per heavy atom. The van der Waals surface area contributed by atoms with Gasteiger partial charge in [-0.05, 0) is 30.3 Å². The molecular weight excluding hydrogens is 277 g/mol. The SMILES string of the molecule is COC(=O)c1ccc(COc2ccc(F)cc2CO)nc1. The van der Waals surface area contributed by atoms with Gasteiger partial charge in [-0.2, -0.15) is 0 Å². The topological polar surface area (TPSA) is 68.7 Å². The van der Waals surface area contributed by atoms with Crippen molar-refractivity contribution in [3.8, 4) is 5.75 Å². The highest BCUT2D eigenvalue weighted by atomic mass is 19.1. The van der Waals surface area contributed by atoms with Crippen LogP contribution in [0, 0.1) is 5.82 Å². The fourth-order valence-electron chi connectivity index (χ4n) is 1.71. The van der Waals surface area contributed by atoms with Crippen molar-refractivity contribution >= 4 is 5.97 Å². The predicted octanol–water partition coefficient (Wildman–Crippen LogP) is 2.08. The zero-order valence-electron chi connectivity index (χ0n) is 11.4. The van der Waals surface area contributed by atoms with Crippen LogP contribution in [0.5, 0.6) is 5.75 Å². The summed E-state index contributed by atoms with van der Waals surface area (Å²) in [4.78, 5) is 15.3. The maximum atomic E-state index is 13.0. The third-order valence-electron chi connectivity index (χ3n) is 2.81. The molecule has 0 saturated heterocycles. The first kappa shape index (κ1) is 14.9. The van der Waals surface area contributed by atoms with Gasteiger partial charge in [-0.3, -0.25) is 4.98 Å². The lowest BCUT2D eigenvalue weighted by Gasteiger charge is -2.10. The molecule has 0 radical (unpaired) electrons. The Morgan fingerprint density at radius 2 is 2.14 bits per heavy atom. The van der Waals surface area contributed by atoms with Crippen molar-refractivity contribution in [1.29, 1.82) is 0 Å². The molecule has 5 nitrogen and oxygen atoms in total. The Bertz CT molecular complexity index is 628. The van der Waals surface area contributed by atoms with Gasteiger partial charge in [0, 0.05) is 11.8 Å². The van der Waals surface area contributed by atoms with Gasteiger partial charge < -0.3 is 14.6 Å². The summed E-state index contributed by atoms with van der Waals surface area (Å²) in [5, 5.41) is 9.15. The minimum absolute atomic E-state index is 0.139. The van der Waals surface area contributed by atoms with Gasteiger partial charge in [-0.25, -0.2) is 9.18 Å². The van der Waals surface area contributed by atoms with E-state index in [4.69, 9.17) is 9.84 Å². The lowest BCUT2D eigenvalue weighted by Crippen LogP contribution is -2.05. The third kappa shape index (κ3) is 3.76. The lowest BCUT2D eigenvalue weighted by atomic mass is 10.2. The van der Waals surface area contributed by atoms with E-state index in [0.717, 1.165) is 0 Å². The summed E-state index contributed by atoms with van der Waals surface area (Å²) in [6, 6.07) is 7.12. The molecule has 0 aliphatic carbocycles. The number of carbonyl (C=O) groups is 1. The summed E-state index contributed by atoms with van der Waals surface area (Å²) in [6.07, 6.45) is 1.39. The molecule has 0 aliphatic rings. The molecule has 0 spiro atoms. The Labute approximate surface area is 121 Å². The van der Waals surface area contributed by atoms with Crippen LogP contribution in [0.2, 0.25) is 0 Å². The molecule has 6 heteroatoms. The molecule has 0 bridgehead atoms. The van der Waals surface area contributed by atoms with Gasteiger partial charge in [0.2, 0.25) is 0 Å². The van der Waals surface area contributed by atoms with Crippen LogP contribution in [0.3, 0.4) is 0 Å². The van der Waals surface area contributed by atoms with Gasteiger partial charge in [0.1, 0.15) is 18.2 Å². The van der Waals surface area contributed by atoms with E-state index < -0.39 is 11.8 Å². The molecule has 1 N–H and O–H groups in total. The number of benzene rings is 1. The van der Waals surface area contributed by atoms with E-state index >= 15 is 0 Å². The first-order chi connectivity index (χ1) is 10.1. The number of rotatable bonds is 5. The molecule has 0 amide bonds. The molecule has 1 aromatic carbocycles. The van der Waals surface area contributed by atoms with E-state index in [0.29, 0.717) is 22.6 Å². The minimum atomic E-state index is -0.462. The van der Waals surface area contributed by atoms with Crippen LogP contribution in [0.25, 0.3) is 0 Å². The van der Waals surface area contributed by atoms with E-state index in [-0.39, 0.29) is 13.2 Å². The van der Waals surface area contributed by atoms with Gasteiger partial charge in [-0.1, -0.05) is 0 Å². The van der Waals surface area contributed by atoms with Gasteiger partial charge >= 0.3 is 5.97 Å². The number of nitrogens with zero attached hydrogens (tertiary/aromatic N) is 1. The number of ether oxygens (including phenoxy) is 2. The number of aliphatic hydroxyl groups excluding tert-OH is 1. The molecule has 21 heavy (non-hydrogen) atoms. The molecule has 0 atom stereocenters. The fraction of sp³-hybridized carbons (Fsp3) is 0.200. The smallest absolute Gasteiger partial charge is 0.339 e. The number of aromatic nitrogens is 1. The Kier molecular flexibility index (Phi) is 4.84. The van der Waals surface area contributed by atoms with Gasteiger partial charge in [-0.15, -0.1) is 0 Å². The molecule has 0 saturated carbocycles. The van der Waals surface area contributed by atoms with Crippen molar-refractivity contribution in [3.63, 3.8) is 0 Å². The molecule has 1 aromatic heterocycles. The zero-order chi connectivity index (χ0) is 15.2. The van der Waals surface area contributed by atoms with Gasteiger partial charge in [0.15, 0.2) is 0 Å². The van der Waals surface area contributed by atoms with Crippen molar-refractivity contribution in [1.82, 2.24) is 4.98 Å². The van der Waals surface area contributed by atoms with Gasteiger partial charge in [0.25, 0.3) is 0 Å². The summed E-state index contributed by atoms with van der Waals surface area (Å²) in [7, 11) is 1.30. The van der Waals surface area contributed by atoms with E-state index in [1.165, 1.54) is 31.5 Å². The van der Waals surface area contributed by atoms with E-state index in [2.05, 4.69) is 9.72 Å². The monoisotopic (exact) mass is 291 g/mol. The predicted molar refractivity (Wildman–Crippen MR) is 72.2 cm³/mol. The molecule has 1 heterocycles. The second-order valence-electron chi connectivity index (χ2n) is 4.23. The average Bonchev–Trinajstić information content (AvgIpc) is 2.53. The van der Waals surface area contributed by atoms with Crippen molar-refractivity contribution in [2.45, 2.75) is 13.2 Å². The zero-order valence-corrected chi connectivity index (χ0v) is 11.4. The summed E-state index contributed by atoms with van der Waals surface area (Å²) >= 11 is 0. The lowest BCUT2D eigenvalue weighted by molar-refractivity contribution is 0.0600. The van der Waals surface area contributed by atoms with Crippen LogP contribution in [-0.2, 0) is 18.0 Å². The first-order valence-corrected chi connectivity index (χ1v) is 6.19.